The van der Waals surface area contributed by atoms with Gasteiger partial charge in [-0.1, -0.05) is 23.8 Å². The standard InChI is InChI=1S/C13H10F2O/c1-8-5-6-11(14)10(7-8)9-3-2-4-12(16)13(9)15/h2-7,16H,1H3. The van der Waals surface area contributed by atoms with Crippen molar-refractivity contribution in [1.29, 1.82) is 0 Å². The van der Waals surface area contributed by atoms with Crippen molar-refractivity contribution >= 4 is 0 Å². The maximum absolute atomic E-state index is 13.6. The van der Waals surface area contributed by atoms with Crippen LogP contribution in [-0.2, 0) is 0 Å². The molecular weight excluding hydrogens is 210 g/mol. The molecule has 82 valence electrons. The first-order valence-electron chi connectivity index (χ1n) is 4.83. The van der Waals surface area contributed by atoms with E-state index in [9.17, 15) is 13.9 Å². The van der Waals surface area contributed by atoms with E-state index >= 15 is 0 Å². The van der Waals surface area contributed by atoms with Gasteiger partial charge in [0.15, 0.2) is 11.6 Å². The summed E-state index contributed by atoms with van der Waals surface area (Å²) in [5.74, 6) is -1.78. The Hall–Kier alpha value is -1.90. The SMILES string of the molecule is Cc1ccc(F)c(-c2cccc(O)c2F)c1. The smallest absolute Gasteiger partial charge is 0.172 e. The molecule has 16 heavy (non-hydrogen) atoms. The van der Waals surface area contributed by atoms with Gasteiger partial charge in [0.2, 0.25) is 0 Å². The number of hydrogen-bond acceptors (Lipinski definition) is 1. The molecule has 1 N–H and O–H groups in total. The fourth-order valence-corrected chi connectivity index (χ4v) is 1.57. The molecule has 0 fully saturated rings. The maximum atomic E-state index is 13.6. The average molecular weight is 220 g/mol. The second-order valence-electron chi connectivity index (χ2n) is 3.62. The summed E-state index contributed by atoms with van der Waals surface area (Å²) in [7, 11) is 0. The normalized spacial score (nSPS) is 10.4. The molecule has 0 amide bonds. The van der Waals surface area contributed by atoms with E-state index in [1.165, 1.54) is 24.3 Å². The zero-order valence-corrected chi connectivity index (χ0v) is 8.67. The minimum Gasteiger partial charge on any atom is -0.505 e. The Morgan fingerprint density at radius 1 is 1.00 bits per heavy atom. The molecule has 0 bridgehead atoms. The number of aromatic hydroxyl groups is 1. The summed E-state index contributed by atoms with van der Waals surface area (Å²) in [5, 5.41) is 9.22. The first kappa shape index (κ1) is 10.6. The molecule has 1 nitrogen and oxygen atoms in total. The van der Waals surface area contributed by atoms with Gasteiger partial charge in [0.05, 0.1) is 0 Å². The van der Waals surface area contributed by atoms with Gasteiger partial charge in [-0.15, -0.1) is 0 Å². The van der Waals surface area contributed by atoms with Crippen LogP contribution in [0.15, 0.2) is 36.4 Å². The fourth-order valence-electron chi connectivity index (χ4n) is 1.57. The summed E-state index contributed by atoms with van der Waals surface area (Å²) in [6.45, 7) is 1.80. The molecule has 0 saturated heterocycles. The van der Waals surface area contributed by atoms with Crippen molar-refractivity contribution in [2.75, 3.05) is 0 Å². The summed E-state index contributed by atoms with van der Waals surface area (Å²) in [4.78, 5) is 0. The number of hydrogen-bond donors (Lipinski definition) is 1. The summed E-state index contributed by atoms with van der Waals surface area (Å²) >= 11 is 0. The van der Waals surface area contributed by atoms with Gasteiger partial charge in [0.1, 0.15) is 5.82 Å². The maximum Gasteiger partial charge on any atom is 0.172 e. The molecule has 0 atom stereocenters. The second-order valence-corrected chi connectivity index (χ2v) is 3.62. The summed E-state index contributed by atoms with van der Waals surface area (Å²) in [6, 6.07) is 8.59. The number of benzene rings is 2. The fraction of sp³-hybridized carbons (Fsp3) is 0.0769. The zero-order valence-electron chi connectivity index (χ0n) is 8.67. The molecule has 0 radical (unpaired) electrons. The van der Waals surface area contributed by atoms with Crippen LogP contribution in [-0.4, -0.2) is 5.11 Å². The van der Waals surface area contributed by atoms with Gasteiger partial charge in [0.25, 0.3) is 0 Å². The van der Waals surface area contributed by atoms with Crippen LogP contribution in [0.1, 0.15) is 5.56 Å². The third kappa shape index (κ3) is 1.76. The summed E-state index contributed by atoms with van der Waals surface area (Å²) in [6.07, 6.45) is 0. The van der Waals surface area contributed by atoms with Gasteiger partial charge in [-0.2, -0.15) is 0 Å². The Morgan fingerprint density at radius 2 is 1.75 bits per heavy atom. The van der Waals surface area contributed by atoms with E-state index in [1.807, 2.05) is 0 Å². The number of rotatable bonds is 1. The number of phenolic OH excluding ortho intramolecular Hbond substituents is 1. The van der Waals surface area contributed by atoms with Crippen LogP contribution >= 0.6 is 0 Å². The number of phenols is 1. The van der Waals surface area contributed by atoms with E-state index < -0.39 is 17.4 Å². The van der Waals surface area contributed by atoms with Crippen LogP contribution in [0.2, 0.25) is 0 Å². The molecule has 0 aliphatic heterocycles. The lowest BCUT2D eigenvalue weighted by Crippen LogP contribution is -1.89. The topological polar surface area (TPSA) is 20.2 Å². The molecule has 2 rings (SSSR count). The molecular formula is C13H10F2O. The van der Waals surface area contributed by atoms with E-state index in [2.05, 4.69) is 0 Å². The predicted octanol–water partition coefficient (Wildman–Crippen LogP) is 3.65. The first-order valence-corrected chi connectivity index (χ1v) is 4.83. The molecule has 0 aromatic heterocycles. The minimum atomic E-state index is -0.799. The van der Waals surface area contributed by atoms with Crippen molar-refractivity contribution in [2.24, 2.45) is 0 Å². The first-order chi connectivity index (χ1) is 7.59. The van der Waals surface area contributed by atoms with Gasteiger partial charge in [-0.05, 0) is 25.1 Å². The third-order valence-corrected chi connectivity index (χ3v) is 2.39. The van der Waals surface area contributed by atoms with Crippen molar-refractivity contribution in [3.05, 3.63) is 53.6 Å². The summed E-state index contributed by atoms with van der Waals surface area (Å²) in [5.41, 5.74) is 1.06. The number of aryl methyl sites for hydroxylation is 1. The molecule has 0 spiro atoms. The molecule has 0 aliphatic rings. The molecule has 2 aromatic carbocycles. The van der Waals surface area contributed by atoms with Gasteiger partial charge in [0, 0.05) is 11.1 Å². The van der Waals surface area contributed by atoms with Crippen molar-refractivity contribution in [1.82, 2.24) is 0 Å². The van der Waals surface area contributed by atoms with Crippen LogP contribution < -0.4 is 0 Å². The zero-order chi connectivity index (χ0) is 11.7. The van der Waals surface area contributed by atoms with Crippen molar-refractivity contribution in [3.8, 4) is 16.9 Å². The van der Waals surface area contributed by atoms with Crippen LogP contribution in [0.3, 0.4) is 0 Å². The predicted molar refractivity (Wildman–Crippen MR) is 58.2 cm³/mol. The van der Waals surface area contributed by atoms with Gasteiger partial charge < -0.3 is 5.11 Å². The van der Waals surface area contributed by atoms with E-state index in [1.54, 1.807) is 19.1 Å². The Bertz CT molecular complexity index is 535. The lowest BCUT2D eigenvalue weighted by molar-refractivity contribution is 0.433. The Morgan fingerprint density at radius 3 is 2.50 bits per heavy atom. The average Bonchev–Trinajstić information content (AvgIpc) is 2.26. The van der Waals surface area contributed by atoms with Crippen molar-refractivity contribution in [3.63, 3.8) is 0 Å². The van der Waals surface area contributed by atoms with Gasteiger partial charge in [-0.3, -0.25) is 0 Å². The molecule has 0 heterocycles. The Labute approximate surface area is 92.0 Å². The van der Waals surface area contributed by atoms with Crippen LogP contribution in [0.5, 0.6) is 5.75 Å². The molecule has 2 aromatic rings. The van der Waals surface area contributed by atoms with Crippen LogP contribution in [0.4, 0.5) is 8.78 Å². The quantitative estimate of drug-likeness (QED) is 0.777. The van der Waals surface area contributed by atoms with E-state index in [-0.39, 0.29) is 11.1 Å². The second kappa shape index (κ2) is 3.93. The molecule has 0 aliphatic carbocycles. The molecule has 0 unspecified atom stereocenters. The lowest BCUT2D eigenvalue weighted by Gasteiger charge is -2.07. The monoisotopic (exact) mass is 220 g/mol. The van der Waals surface area contributed by atoms with Gasteiger partial charge in [-0.25, -0.2) is 8.78 Å². The van der Waals surface area contributed by atoms with Crippen LogP contribution in [0, 0.1) is 18.6 Å². The van der Waals surface area contributed by atoms with E-state index in [4.69, 9.17) is 0 Å². The van der Waals surface area contributed by atoms with Crippen molar-refractivity contribution in [2.45, 2.75) is 6.92 Å². The third-order valence-electron chi connectivity index (χ3n) is 2.39. The van der Waals surface area contributed by atoms with E-state index in [0.717, 1.165) is 5.56 Å². The van der Waals surface area contributed by atoms with E-state index in [0.29, 0.717) is 0 Å². The molecule has 3 heteroatoms. The Balaban J connectivity index is 2.67. The van der Waals surface area contributed by atoms with Crippen LogP contribution in [0.25, 0.3) is 11.1 Å². The highest BCUT2D eigenvalue weighted by molar-refractivity contribution is 5.67. The highest BCUT2D eigenvalue weighted by Gasteiger charge is 2.12. The Kier molecular flexibility index (Phi) is 2.60. The van der Waals surface area contributed by atoms with Crippen molar-refractivity contribution < 1.29 is 13.9 Å². The van der Waals surface area contributed by atoms with Gasteiger partial charge >= 0.3 is 0 Å². The highest BCUT2D eigenvalue weighted by atomic mass is 19.1. The minimum absolute atomic E-state index is 0.0706. The number of halogens is 2. The highest BCUT2D eigenvalue weighted by Crippen LogP contribution is 2.30. The largest absolute Gasteiger partial charge is 0.505 e. The lowest BCUT2D eigenvalue weighted by atomic mass is 10.0. The molecule has 0 saturated carbocycles. The summed E-state index contributed by atoms with van der Waals surface area (Å²) < 4.78 is 27.1.